The van der Waals surface area contributed by atoms with Crippen LogP contribution in [0.2, 0.25) is 0 Å². The van der Waals surface area contributed by atoms with E-state index in [9.17, 15) is 17.2 Å². The minimum Gasteiger partial charge on any atom is -0.495 e. The van der Waals surface area contributed by atoms with Gasteiger partial charge >= 0.3 is 0 Å². The van der Waals surface area contributed by atoms with Gasteiger partial charge in [-0.3, -0.25) is 0 Å². The van der Waals surface area contributed by atoms with Crippen LogP contribution in [-0.4, -0.2) is 26.9 Å². The lowest BCUT2D eigenvalue weighted by atomic mass is 10.2. The van der Waals surface area contributed by atoms with E-state index in [1.165, 1.54) is 32.4 Å². The molecule has 0 saturated heterocycles. The number of hydrogen-bond acceptors (Lipinski definition) is 3. The summed E-state index contributed by atoms with van der Waals surface area (Å²) in [5.74, 6) is -1.33. The molecule has 0 amide bonds. The minimum atomic E-state index is -3.91. The third kappa shape index (κ3) is 3.88. The Labute approximate surface area is 141 Å². The second-order valence-electron chi connectivity index (χ2n) is 4.79. The molecule has 8 heteroatoms. The van der Waals surface area contributed by atoms with Crippen LogP contribution >= 0.6 is 15.9 Å². The monoisotopic (exact) mass is 405 g/mol. The standard InChI is InChI=1S/C15H14BrF2NO3S/c1-19(9-10-3-5-12(17)8-13(10)18)23(20,21)15-7-11(16)4-6-14(15)22-2/h3-8H,9H2,1-2H3. The first-order chi connectivity index (χ1) is 10.8. The Morgan fingerprint density at radius 1 is 1.17 bits per heavy atom. The first-order valence-electron chi connectivity index (χ1n) is 6.49. The summed E-state index contributed by atoms with van der Waals surface area (Å²) < 4.78 is 58.6. The number of methoxy groups -OCH3 is 1. The molecular weight excluding hydrogens is 392 g/mol. The predicted octanol–water partition coefficient (Wildman–Crippen LogP) is 3.56. The van der Waals surface area contributed by atoms with E-state index < -0.39 is 21.7 Å². The molecule has 0 aromatic heterocycles. The Hall–Kier alpha value is -1.51. The van der Waals surface area contributed by atoms with Crippen LogP contribution in [-0.2, 0) is 16.6 Å². The van der Waals surface area contributed by atoms with Crippen molar-refractivity contribution < 1.29 is 21.9 Å². The molecule has 0 N–H and O–H groups in total. The number of rotatable bonds is 5. The van der Waals surface area contributed by atoms with Crippen molar-refractivity contribution in [3.63, 3.8) is 0 Å². The number of benzene rings is 2. The highest BCUT2D eigenvalue weighted by Crippen LogP contribution is 2.30. The Balaban J connectivity index is 2.37. The maximum atomic E-state index is 13.7. The number of hydrogen-bond donors (Lipinski definition) is 0. The van der Waals surface area contributed by atoms with E-state index >= 15 is 0 Å². The molecular formula is C15H14BrF2NO3S. The van der Waals surface area contributed by atoms with Crippen LogP contribution in [0, 0.1) is 11.6 Å². The SMILES string of the molecule is COc1ccc(Br)cc1S(=O)(=O)N(C)Cc1ccc(F)cc1F. The Kier molecular flexibility index (Phi) is 5.38. The van der Waals surface area contributed by atoms with Crippen LogP contribution in [0.4, 0.5) is 8.78 Å². The number of nitrogens with zero attached hydrogens (tertiary/aromatic N) is 1. The first kappa shape index (κ1) is 17.8. The van der Waals surface area contributed by atoms with Crippen LogP contribution < -0.4 is 4.74 Å². The Morgan fingerprint density at radius 3 is 2.48 bits per heavy atom. The van der Waals surface area contributed by atoms with Crippen molar-refractivity contribution in [1.82, 2.24) is 4.31 Å². The van der Waals surface area contributed by atoms with Gasteiger partial charge in [0.05, 0.1) is 7.11 Å². The fraction of sp³-hybridized carbons (Fsp3) is 0.200. The van der Waals surface area contributed by atoms with Gasteiger partial charge in [-0.05, 0) is 24.3 Å². The highest BCUT2D eigenvalue weighted by atomic mass is 79.9. The summed E-state index contributed by atoms with van der Waals surface area (Å²) >= 11 is 3.21. The van der Waals surface area contributed by atoms with Crippen LogP contribution in [0.5, 0.6) is 5.75 Å². The van der Waals surface area contributed by atoms with Gasteiger partial charge in [0.1, 0.15) is 22.3 Å². The molecule has 0 spiro atoms. The highest BCUT2D eigenvalue weighted by Gasteiger charge is 2.26. The van der Waals surface area contributed by atoms with E-state index in [0.29, 0.717) is 4.47 Å². The molecule has 0 bridgehead atoms. The molecule has 2 aromatic rings. The van der Waals surface area contributed by atoms with Gasteiger partial charge in [-0.2, -0.15) is 4.31 Å². The van der Waals surface area contributed by atoms with Gasteiger partial charge in [0.25, 0.3) is 0 Å². The van der Waals surface area contributed by atoms with Crippen LogP contribution in [0.3, 0.4) is 0 Å². The summed E-state index contributed by atoms with van der Waals surface area (Å²) in [6, 6.07) is 7.59. The van der Waals surface area contributed by atoms with Crippen molar-refractivity contribution in [3.05, 3.63) is 58.1 Å². The molecule has 4 nitrogen and oxygen atoms in total. The fourth-order valence-electron chi connectivity index (χ4n) is 1.99. The topological polar surface area (TPSA) is 46.6 Å². The smallest absolute Gasteiger partial charge is 0.246 e. The zero-order valence-corrected chi connectivity index (χ0v) is 14.8. The molecule has 0 radical (unpaired) electrons. The molecule has 0 atom stereocenters. The number of sulfonamides is 1. The zero-order valence-electron chi connectivity index (χ0n) is 12.4. The molecule has 0 aliphatic heterocycles. The van der Waals surface area contributed by atoms with Gasteiger partial charge in [0, 0.05) is 29.7 Å². The van der Waals surface area contributed by atoms with E-state index in [1.807, 2.05) is 0 Å². The van der Waals surface area contributed by atoms with Crippen LogP contribution in [0.25, 0.3) is 0 Å². The van der Waals surface area contributed by atoms with Crippen molar-refractivity contribution in [2.75, 3.05) is 14.2 Å². The molecule has 0 fully saturated rings. The van der Waals surface area contributed by atoms with Crippen molar-refractivity contribution >= 4 is 26.0 Å². The second kappa shape index (κ2) is 6.94. The normalized spacial score (nSPS) is 11.7. The van der Waals surface area contributed by atoms with Crippen molar-refractivity contribution in [2.45, 2.75) is 11.4 Å². The minimum absolute atomic E-state index is 0.0422. The van der Waals surface area contributed by atoms with Gasteiger partial charge in [-0.25, -0.2) is 17.2 Å². The average molecular weight is 406 g/mol. The summed E-state index contributed by atoms with van der Waals surface area (Å²) in [6.45, 7) is -0.232. The van der Waals surface area contributed by atoms with Gasteiger partial charge in [-0.15, -0.1) is 0 Å². The van der Waals surface area contributed by atoms with Crippen molar-refractivity contribution in [2.24, 2.45) is 0 Å². The molecule has 0 heterocycles. The molecule has 0 aliphatic carbocycles. The summed E-state index contributed by atoms with van der Waals surface area (Å²) in [5.41, 5.74) is 0.0754. The van der Waals surface area contributed by atoms with Crippen molar-refractivity contribution in [3.8, 4) is 5.75 Å². The van der Waals surface area contributed by atoms with E-state index in [2.05, 4.69) is 15.9 Å². The average Bonchev–Trinajstić information content (AvgIpc) is 2.49. The molecule has 2 rings (SSSR count). The maximum Gasteiger partial charge on any atom is 0.246 e. The van der Waals surface area contributed by atoms with E-state index in [4.69, 9.17) is 4.74 Å². The molecule has 2 aromatic carbocycles. The summed E-state index contributed by atoms with van der Waals surface area (Å²) in [7, 11) is -1.23. The maximum absolute atomic E-state index is 13.7. The third-order valence-electron chi connectivity index (χ3n) is 3.22. The van der Waals surface area contributed by atoms with Crippen LogP contribution in [0.15, 0.2) is 45.8 Å². The largest absolute Gasteiger partial charge is 0.495 e. The van der Waals surface area contributed by atoms with Gasteiger partial charge < -0.3 is 4.74 Å². The Morgan fingerprint density at radius 2 is 1.87 bits per heavy atom. The predicted molar refractivity (Wildman–Crippen MR) is 85.7 cm³/mol. The molecule has 0 aliphatic rings. The van der Waals surface area contributed by atoms with Gasteiger partial charge in [0.15, 0.2) is 0 Å². The van der Waals surface area contributed by atoms with E-state index in [-0.39, 0.29) is 22.8 Å². The fourth-order valence-corrected chi connectivity index (χ4v) is 3.83. The van der Waals surface area contributed by atoms with Gasteiger partial charge in [0.2, 0.25) is 10.0 Å². The van der Waals surface area contributed by atoms with Gasteiger partial charge in [-0.1, -0.05) is 22.0 Å². The van der Waals surface area contributed by atoms with E-state index in [0.717, 1.165) is 16.4 Å². The highest BCUT2D eigenvalue weighted by molar-refractivity contribution is 9.10. The molecule has 0 saturated carbocycles. The molecule has 23 heavy (non-hydrogen) atoms. The molecule has 124 valence electrons. The Bertz CT molecular complexity index is 827. The molecule has 0 unspecified atom stereocenters. The third-order valence-corrected chi connectivity index (χ3v) is 5.54. The van der Waals surface area contributed by atoms with Crippen molar-refractivity contribution in [1.29, 1.82) is 0 Å². The number of ether oxygens (including phenoxy) is 1. The first-order valence-corrected chi connectivity index (χ1v) is 8.73. The lowest BCUT2D eigenvalue weighted by Crippen LogP contribution is -2.27. The van der Waals surface area contributed by atoms with Crippen LogP contribution in [0.1, 0.15) is 5.56 Å². The zero-order chi connectivity index (χ0) is 17.2. The summed E-state index contributed by atoms with van der Waals surface area (Å²) in [4.78, 5) is -0.0422. The lowest BCUT2D eigenvalue weighted by molar-refractivity contribution is 0.397. The second-order valence-corrected chi connectivity index (χ2v) is 7.72. The number of halogens is 3. The van der Waals surface area contributed by atoms with E-state index in [1.54, 1.807) is 6.07 Å². The quantitative estimate of drug-likeness (QED) is 0.763. The lowest BCUT2D eigenvalue weighted by Gasteiger charge is -2.19. The summed E-state index contributed by atoms with van der Waals surface area (Å²) in [5, 5.41) is 0. The summed E-state index contributed by atoms with van der Waals surface area (Å²) in [6.07, 6.45) is 0.